The molecule has 0 unspecified atom stereocenters. The Balaban J connectivity index is 0.00000182. The van der Waals surface area contributed by atoms with Gasteiger partial charge in [-0.15, -0.1) is 12.4 Å². The van der Waals surface area contributed by atoms with Gasteiger partial charge in [0, 0.05) is 30.3 Å². The van der Waals surface area contributed by atoms with Gasteiger partial charge in [0.1, 0.15) is 0 Å². The van der Waals surface area contributed by atoms with Crippen molar-refractivity contribution in [3.63, 3.8) is 0 Å². The van der Waals surface area contributed by atoms with Crippen LogP contribution in [0.15, 0.2) is 24.3 Å². The number of nitrogens with one attached hydrogen (secondary N) is 2. The molecule has 2 N–H and O–H groups in total. The Bertz CT molecular complexity index is 616. The van der Waals surface area contributed by atoms with Crippen LogP contribution in [0.2, 0.25) is 0 Å². The zero-order chi connectivity index (χ0) is 16.5. The SMILES string of the molecule is Cl.O=C(Nc1ccc(C(=O)N2CC[C@@H]3CNC[C@@H]3CC2)cc1)C1CC1. The molecule has 3 fully saturated rings. The van der Waals surface area contributed by atoms with Gasteiger partial charge in [0.25, 0.3) is 5.91 Å². The first-order valence-corrected chi connectivity index (χ1v) is 9.11. The average Bonchev–Trinajstić information content (AvgIpc) is 3.39. The van der Waals surface area contributed by atoms with Crippen molar-refractivity contribution in [2.45, 2.75) is 25.7 Å². The summed E-state index contributed by atoms with van der Waals surface area (Å²) in [5.74, 6) is 1.85. The first-order valence-electron chi connectivity index (χ1n) is 9.11. The lowest BCUT2D eigenvalue weighted by atomic mass is 9.92. The van der Waals surface area contributed by atoms with E-state index in [1.165, 1.54) is 0 Å². The highest BCUT2D eigenvalue weighted by Gasteiger charge is 2.32. The van der Waals surface area contributed by atoms with E-state index < -0.39 is 0 Å². The second-order valence-corrected chi connectivity index (χ2v) is 7.39. The van der Waals surface area contributed by atoms with Crippen molar-refractivity contribution in [2.24, 2.45) is 17.8 Å². The second kappa shape index (κ2) is 7.75. The Morgan fingerprint density at radius 1 is 0.960 bits per heavy atom. The van der Waals surface area contributed by atoms with Crippen molar-refractivity contribution < 1.29 is 9.59 Å². The van der Waals surface area contributed by atoms with Gasteiger partial charge in [-0.3, -0.25) is 9.59 Å². The molecule has 136 valence electrons. The molecule has 25 heavy (non-hydrogen) atoms. The number of likely N-dealkylation sites (tertiary alicyclic amines) is 1. The maximum atomic E-state index is 12.7. The van der Waals surface area contributed by atoms with Crippen LogP contribution in [0.4, 0.5) is 5.69 Å². The fourth-order valence-electron chi connectivity index (χ4n) is 3.89. The second-order valence-electron chi connectivity index (χ2n) is 7.39. The number of anilines is 1. The first kappa shape index (κ1) is 18.2. The van der Waals surface area contributed by atoms with Crippen molar-refractivity contribution in [1.82, 2.24) is 10.2 Å². The van der Waals surface area contributed by atoms with Crippen LogP contribution in [0.3, 0.4) is 0 Å². The van der Waals surface area contributed by atoms with Gasteiger partial charge in [-0.1, -0.05) is 0 Å². The van der Waals surface area contributed by atoms with E-state index in [-0.39, 0.29) is 30.1 Å². The van der Waals surface area contributed by atoms with Gasteiger partial charge >= 0.3 is 0 Å². The number of hydrogen-bond donors (Lipinski definition) is 2. The third-order valence-electron chi connectivity index (χ3n) is 5.65. The topological polar surface area (TPSA) is 61.4 Å². The van der Waals surface area contributed by atoms with Gasteiger partial charge in [0.15, 0.2) is 0 Å². The number of nitrogens with zero attached hydrogens (tertiary/aromatic N) is 1. The van der Waals surface area contributed by atoms with Gasteiger partial charge in [0.05, 0.1) is 0 Å². The number of benzene rings is 1. The lowest BCUT2D eigenvalue weighted by molar-refractivity contribution is -0.117. The maximum Gasteiger partial charge on any atom is 0.253 e. The summed E-state index contributed by atoms with van der Waals surface area (Å²) in [6, 6.07) is 7.34. The molecule has 2 atom stereocenters. The molecule has 2 aliphatic heterocycles. The monoisotopic (exact) mass is 363 g/mol. The smallest absolute Gasteiger partial charge is 0.253 e. The van der Waals surface area contributed by atoms with E-state index in [0.29, 0.717) is 5.56 Å². The molecule has 1 saturated carbocycles. The molecule has 0 bridgehead atoms. The predicted molar refractivity (Wildman–Crippen MR) is 100 cm³/mol. The molecule has 1 aliphatic carbocycles. The zero-order valence-electron chi connectivity index (χ0n) is 14.4. The van der Waals surface area contributed by atoms with Crippen molar-refractivity contribution in [3.05, 3.63) is 29.8 Å². The van der Waals surface area contributed by atoms with E-state index in [9.17, 15) is 9.59 Å². The summed E-state index contributed by atoms with van der Waals surface area (Å²) in [7, 11) is 0. The van der Waals surface area contributed by atoms with E-state index >= 15 is 0 Å². The summed E-state index contributed by atoms with van der Waals surface area (Å²) in [5, 5.41) is 6.38. The number of hydrogen-bond acceptors (Lipinski definition) is 3. The highest BCUT2D eigenvalue weighted by Crippen LogP contribution is 2.30. The largest absolute Gasteiger partial charge is 0.339 e. The fraction of sp³-hybridized carbons (Fsp3) is 0.579. The summed E-state index contributed by atoms with van der Waals surface area (Å²) in [6.07, 6.45) is 4.18. The number of rotatable bonds is 3. The summed E-state index contributed by atoms with van der Waals surface area (Å²) < 4.78 is 0. The summed E-state index contributed by atoms with van der Waals surface area (Å²) in [4.78, 5) is 26.5. The highest BCUT2D eigenvalue weighted by atomic mass is 35.5. The molecule has 0 radical (unpaired) electrons. The van der Waals surface area contributed by atoms with Crippen LogP contribution < -0.4 is 10.6 Å². The average molecular weight is 364 g/mol. The minimum Gasteiger partial charge on any atom is -0.339 e. The van der Waals surface area contributed by atoms with E-state index in [2.05, 4.69) is 10.6 Å². The van der Waals surface area contributed by atoms with Gasteiger partial charge in [-0.25, -0.2) is 0 Å². The van der Waals surface area contributed by atoms with E-state index in [0.717, 1.165) is 69.4 Å². The molecule has 2 saturated heterocycles. The van der Waals surface area contributed by atoms with Gasteiger partial charge < -0.3 is 15.5 Å². The Hall–Kier alpha value is -1.59. The Morgan fingerprint density at radius 2 is 1.56 bits per heavy atom. The van der Waals surface area contributed by atoms with Crippen molar-refractivity contribution >= 4 is 29.9 Å². The number of amides is 2. The van der Waals surface area contributed by atoms with Crippen LogP contribution in [0.25, 0.3) is 0 Å². The van der Waals surface area contributed by atoms with Gasteiger partial charge in [-0.2, -0.15) is 0 Å². The molecule has 3 aliphatic rings. The molecule has 0 spiro atoms. The predicted octanol–water partition coefficient (Wildman–Crippen LogP) is 2.53. The molecule has 1 aromatic rings. The van der Waals surface area contributed by atoms with Crippen LogP contribution in [-0.2, 0) is 4.79 Å². The molecule has 1 aromatic carbocycles. The first-order chi connectivity index (χ1) is 11.7. The standard InChI is InChI=1S/C19H25N3O2.ClH/c23-18(13-1-2-13)21-17-5-3-14(4-6-17)19(24)22-9-7-15-11-20-12-16(15)8-10-22;/h3-6,13,15-16,20H,1-2,7-12H2,(H,21,23);1H/t15-,16+;. The lowest BCUT2D eigenvalue weighted by Gasteiger charge is -2.21. The normalized spacial score (nSPS) is 25.5. The minimum atomic E-state index is 0. The summed E-state index contributed by atoms with van der Waals surface area (Å²) in [5.41, 5.74) is 1.49. The summed E-state index contributed by atoms with van der Waals surface area (Å²) >= 11 is 0. The maximum absolute atomic E-state index is 12.7. The number of halogens is 1. The molecular weight excluding hydrogens is 338 g/mol. The quantitative estimate of drug-likeness (QED) is 0.867. The fourth-order valence-corrected chi connectivity index (χ4v) is 3.89. The van der Waals surface area contributed by atoms with Crippen molar-refractivity contribution in [2.75, 3.05) is 31.5 Å². The minimum absolute atomic E-state index is 0. The summed E-state index contributed by atoms with van der Waals surface area (Å²) in [6.45, 7) is 3.90. The van der Waals surface area contributed by atoms with Crippen LogP contribution in [-0.4, -0.2) is 42.9 Å². The van der Waals surface area contributed by atoms with Crippen molar-refractivity contribution in [1.29, 1.82) is 0 Å². The Morgan fingerprint density at radius 3 is 2.12 bits per heavy atom. The highest BCUT2D eigenvalue weighted by molar-refractivity contribution is 5.96. The molecule has 2 heterocycles. The Kier molecular flexibility index (Phi) is 5.64. The molecule has 5 nitrogen and oxygen atoms in total. The van der Waals surface area contributed by atoms with E-state index in [1.807, 2.05) is 29.2 Å². The third-order valence-corrected chi connectivity index (χ3v) is 5.65. The van der Waals surface area contributed by atoms with Gasteiger partial charge in [0.2, 0.25) is 5.91 Å². The number of carbonyl (C=O) groups is 2. The molecular formula is C19H26ClN3O2. The van der Waals surface area contributed by atoms with Crippen LogP contribution in [0.1, 0.15) is 36.0 Å². The van der Waals surface area contributed by atoms with Crippen molar-refractivity contribution in [3.8, 4) is 0 Å². The van der Waals surface area contributed by atoms with E-state index in [1.54, 1.807) is 0 Å². The number of carbonyl (C=O) groups excluding carboxylic acids is 2. The van der Waals surface area contributed by atoms with Crippen LogP contribution in [0, 0.1) is 17.8 Å². The molecule has 0 aromatic heterocycles. The molecule has 6 heteroatoms. The number of fused-ring (bicyclic) bond motifs is 1. The Labute approximate surface area is 154 Å². The molecule has 4 rings (SSSR count). The lowest BCUT2D eigenvalue weighted by Crippen LogP contribution is -2.32. The van der Waals surface area contributed by atoms with Crippen LogP contribution in [0.5, 0.6) is 0 Å². The van der Waals surface area contributed by atoms with E-state index in [4.69, 9.17) is 0 Å². The zero-order valence-corrected chi connectivity index (χ0v) is 15.2. The third kappa shape index (κ3) is 4.15. The molecule has 2 amide bonds. The van der Waals surface area contributed by atoms with Gasteiger partial charge in [-0.05, 0) is 74.9 Å². The van der Waals surface area contributed by atoms with Crippen LogP contribution >= 0.6 is 12.4 Å².